The number of carbonyl (C=O) groups excluding carboxylic acids is 1. The number of hydrazine groups is 1. The normalized spacial score (nSPS) is 13.7. The molecule has 3 rings (SSSR count). The fourth-order valence-electron chi connectivity index (χ4n) is 1.75. The quantitative estimate of drug-likeness (QED) is 0.371. The molecule has 12 heteroatoms. The number of rotatable bonds is 3. The topological polar surface area (TPSA) is 91.5 Å². The van der Waals surface area contributed by atoms with E-state index in [4.69, 9.17) is 39.5 Å². The summed E-state index contributed by atoms with van der Waals surface area (Å²) >= 11 is 18.0. The van der Waals surface area contributed by atoms with Gasteiger partial charge in [-0.15, -0.1) is 0 Å². The summed E-state index contributed by atoms with van der Waals surface area (Å²) in [5.41, 5.74) is 1.68. The Bertz CT molecular complexity index is 748. The molecule has 0 radical (unpaired) electrons. The van der Waals surface area contributed by atoms with E-state index in [0.29, 0.717) is 17.6 Å². The highest BCUT2D eigenvalue weighted by Crippen LogP contribution is 2.35. The highest BCUT2D eigenvalue weighted by molar-refractivity contribution is 8.01. The van der Waals surface area contributed by atoms with Gasteiger partial charge in [0.2, 0.25) is 5.95 Å². The van der Waals surface area contributed by atoms with Crippen molar-refractivity contribution in [2.75, 3.05) is 19.0 Å². The number of imidazole rings is 1. The van der Waals surface area contributed by atoms with Crippen molar-refractivity contribution in [1.82, 2.24) is 19.8 Å². The van der Waals surface area contributed by atoms with E-state index in [9.17, 15) is 4.79 Å². The Labute approximate surface area is 169 Å². The van der Waals surface area contributed by atoms with Gasteiger partial charge in [0.25, 0.3) is 3.92 Å². The van der Waals surface area contributed by atoms with E-state index in [-0.39, 0.29) is 0 Å². The maximum atomic E-state index is 10.9. The number of ether oxygens (including phenoxy) is 2. The van der Waals surface area contributed by atoms with Crippen LogP contribution in [0.2, 0.25) is 0 Å². The number of hydrogen-bond donors (Lipinski definition) is 3. The molecule has 3 N–H and O–H groups in total. The van der Waals surface area contributed by atoms with Gasteiger partial charge in [0.15, 0.2) is 5.09 Å². The third kappa shape index (κ3) is 6.03. The van der Waals surface area contributed by atoms with Gasteiger partial charge in [-0.1, -0.05) is 46.9 Å². The third-order valence-electron chi connectivity index (χ3n) is 2.83. The number of nitrogens with one attached hydrogen (secondary N) is 3. The Morgan fingerprint density at radius 3 is 2.69 bits per heavy atom. The van der Waals surface area contributed by atoms with Crippen molar-refractivity contribution in [2.24, 2.45) is 0 Å². The lowest BCUT2D eigenvalue weighted by molar-refractivity contribution is 0.186. The number of amides is 1. The Morgan fingerprint density at radius 2 is 2.12 bits per heavy atom. The first-order chi connectivity index (χ1) is 12.3. The van der Waals surface area contributed by atoms with Crippen LogP contribution >= 0.6 is 46.8 Å². The summed E-state index contributed by atoms with van der Waals surface area (Å²) in [6.07, 6.45) is 1.06. The molecule has 0 saturated carbocycles. The number of nitrogens with zero attached hydrogens (tertiary/aromatic N) is 2. The average Bonchev–Trinajstić information content (AvgIpc) is 3.21. The van der Waals surface area contributed by atoms with Crippen LogP contribution in [0.15, 0.2) is 35.6 Å². The zero-order valence-corrected chi connectivity index (χ0v) is 16.8. The zero-order valence-electron chi connectivity index (χ0n) is 13.8. The van der Waals surface area contributed by atoms with Crippen LogP contribution in [0.5, 0.6) is 0 Å². The van der Waals surface area contributed by atoms with Crippen LogP contribution < -0.4 is 10.1 Å². The van der Waals surface area contributed by atoms with Crippen LogP contribution in [-0.4, -0.2) is 38.7 Å². The number of methoxy groups -OCH3 is 1. The van der Waals surface area contributed by atoms with Gasteiger partial charge in [-0.2, -0.15) is 4.83 Å². The lowest BCUT2D eigenvalue weighted by Crippen LogP contribution is -2.35. The van der Waals surface area contributed by atoms with Crippen LogP contribution in [0.3, 0.4) is 0 Å². The highest BCUT2D eigenvalue weighted by Gasteiger charge is 2.31. The first-order valence-corrected chi connectivity index (χ1v) is 9.21. The molecule has 142 valence electrons. The summed E-state index contributed by atoms with van der Waals surface area (Å²) in [4.78, 5) is 20.7. The van der Waals surface area contributed by atoms with Crippen molar-refractivity contribution < 1.29 is 14.3 Å². The second-order valence-electron chi connectivity index (χ2n) is 4.63. The number of benzene rings is 1. The van der Waals surface area contributed by atoms with Crippen molar-refractivity contribution in [2.45, 2.75) is 10.8 Å². The van der Waals surface area contributed by atoms with Crippen LogP contribution in [0.25, 0.3) is 11.0 Å². The number of fused-ring (bicyclic) bond motifs is 1. The number of alkyl halides is 3. The molecule has 0 bridgehead atoms. The maximum Gasteiger partial charge on any atom is 0.413 e. The van der Waals surface area contributed by atoms with Crippen molar-refractivity contribution in [3.63, 3.8) is 0 Å². The van der Waals surface area contributed by atoms with Gasteiger partial charge in [-0.05, 0) is 19.1 Å². The average molecular weight is 441 g/mol. The Kier molecular flexibility index (Phi) is 7.54. The molecule has 1 aliphatic heterocycles. The molecule has 2 aromatic rings. The van der Waals surface area contributed by atoms with Crippen molar-refractivity contribution >= 4 is 69.8 Å². The van der Waals surface area contributed by atoms with E-state index in [0.717, 1.165) is 11.0 Å². The predicted molar refractivity (Wildman–Crippen MR) is 105 cm³/mol. The standard InChI is InChI=1S/C9H9N3O2.C5H7Cl3N2OS/c1-14-9(13)12-8-10-6-4-2-3-5-7(6)11-8;1-2-11-4-3-10(9-12-4)5(6,7)8/h2-5H,1H3,(H2,10,11,12,13);3,9H,2H2,1H3. The molecule has 1 aliphatic rings. The first kappa shape index (κ1) is 20.8. The lowest BCUT2D eigenvalue weighted by Gasteiger charge is -2.22. The minimum atomic E-state index is -1.48. The van der Waals surface area contributed by atoms with E-state index in [1.165, 1.54) is 24.1 Å². The predicted octanol–water partition coefficient (Wildman–Crippen LogP) is 4.36. The molecular weight excluding hydrogens is 425 g/mol. The second kappa shape index (κ2) is 9.43. The molecule has 0 saturated heterocycles. The zero-order chi connectivity index (χ0) is 19.2. The van der Waals surface area contributed by atoms with Crippen LogP contribution in [0, 0.1) is 0 Å². The minimum Gasteiger partial charge on any atom is -0.485 e. The molecule has 1 amide bonds. The van der Waals surface area contributed by atoms with Gasteiger partial charge in [0.1, 0.15) is 0 Å². The summed E-state index contributed by atoms with van der Waals surface area (Å²) in [5, 5.41) is 4.48. The molecule has 0 fully saturated rings. The Balaban J connectivity index is 0.000000190. The van der Waals surface area contributed by atoms with Crippen LogP contribution in [0.4, 0.5) is 10.7 Å². The van der Waals surface area contributed by atoms with Gasteiger partial charge in [0, 0.05) is 11.9 Å². The van der Waals surface area contributed by atoms with Crippen LogP contribution in [0.1, 0.15) is 6.92 Å². The summed E-state index contributed by atoms with van der Waals surface area (Å²) in [5.74, 6) is 0.387. The van der Waals surface area contributed by atoms with Gasteiger partial charge < -0.3 is 14.5 Å². The maximum absolute atomic E-state index is 10.9. The number of aromatic amines is 1. The number of carbonyl (C=O) groups is 1. The van der Waals surface area contributed by atoms with Gasteiger partial charge in [0.05, 0.1) is 31.0 Å². The molecule has 1 aromatic carbocycles. The Hall–Kier alpha value is -1.52. The monoisotopic (exact) mass is 439 g/mol. The van der Waals surface area contributed by atoms with Crippen molar-refractivity contribution in [3.8, 4) is 0 Å². The van der Waals surface area contributed by atoms with Crippen molar-refractivity contribution in [3.05, 3.63) is 35.6 Å². The van der Waals surface area contributed by atoms with Gasteiger partial charge in [-0.25, -0.2) is 9.78 Å². The Morgan fingerprint density at radius 1 is 1.38 bits per heavy atom. The molecule has 0 aliphatic carbocycles. The van der Waals surface area contributed by atoms with E-state index < -0.39 is 10.0 Å². The molecular formula is C14H16Cl3N5O3S. The summed E-state index contributed by atoms with van der Waals surface area (Å²) < 4.78 is 8.13. The van der Waals surface area contributed by atoms with Gasteiger partial charge in [-0.3, -0.25) is 10.3 Å². The highest BCUT2D eigenvalue weighted by atomic mass is 35.6. The van der Waals surface area contributed by atoms with Crippen molar-refractivity contribution in [1.29, 1.82) is 0 Å². The van der Waals surface area contributed by atoms with E-state index in [1.54, 1.807) is 6.20 Å². The number of hydrogen-bond acceptors (Lipinski definition) is 7. The molecule has 26 heavy (non-hydrogen) atoms. The summed E-state index contributed by atoms with van der Waals surface area (Å²) in [6, 6.07) is 7.51. The fraction of sp³-hybridized carbons (Fsp3) is 0.286. The smallest absolute Gasteiger partial charge is 0.413 e. The SMILES string of the molecule is CCOC1=CN(C(Cl)(Cl)Cl)NS1.COC(=O)Nc1nc2ccccc2[nH]1. The molecule has 0 spiro atoms. The van der Waals surface area contributed by atoms with E-state index in [2.05, 4.69) is 24.9 Å². The summed E-state index contributed by atoms with van der Waals surface area (Å²) in [6.45, 7) is 2.48. The molecule has 8 nitrogen and oxygen atoms in total. The lowest BCUT2D eigenvalue weighted by atomic mass is 10.3. The van der Waals surface area contributed by atoms with E-state index in [1.807, 2.05) is 31.2 Å². The summed E-state index contributed by atoms with van der Waals surface area (Å²) in [7, 11) is 1.30. The van der Waals surface area contributed by atoms with E-state index >= 15 is 0 Å². The number of halogens is 3. The minimum absolute atomic E-state index is 0.387. The molecule has 0 atom stereocenters. The van der Waals surface area contributed by atoms with Gasteiger partial charge >= 0.3 is 6.09 Å². The molecule has 2 heterocycles. The number of para-hydroxylation sites is 2. The first-order valence-electron chi connectivity index (χ1n) is 7.26. The largest absolute Gasteiger partial charge is 0.485 e. The molecule has 1 aromatic heterocycles. The molecule has 0 unspecified atom stereocenters. The number of anilines is 1. The number of aromatic nitrogens is 2. The third-order valence-corrected chi connectivity index (χ3v) is 4.09. The van der Waals surface area contributed by atoms with Crippen LogP contribution in [-0.2, 0) is 9.47 Å². The number of H-pyrrole nitrogens is 1. The fourth-order valence-corrected chi connectivity index (χ4v) is 2.88. The second-order valence-corrected chi connectivity index (χ2v) is 7.64.